The van der Waals surface area contributed by atoms with Crippen LogP contribution in [-0.2, 0) is 6.54 Å². The summed E-state index contributed by atoms with van der Waals surface area (Å²) in [5.74, 6) is 3.60. The number of benzene rings is 1. The van der Waals surface area contributed by atoms with Crippen LogP contribution in [0.4, 0.5) is 0 Å². The molecular formula is C11H11NO. The molecule has 0 unspecified atom stereocenters. The van der Waals surface area contributed by atoms with Crippen LogP contribution in [0.15, 0.2) is 24.3 Å². The highest BCUT2D eigenvalue weighted by Gasteiger charge is 2.14. The zero-order valence-electron chi connectivity index (χ0n) is 7.36. The van der Waals surface area contributed by atoms with E-state index in [1.165, 1.54) is 5.56 Å². The molecule has 0 N–H and O–H groups in total. The predicted molar refractivity (Wildman–Crippen MR) is 51.2 cm³/mol. The van der Waals surface area contributed by atoms with E-state index < -0.39 is 0 Å². The van der Waals surface area contributed by atoms with Gasteiger partial charge in [-0.2, -0.15) is 0 Å². The maximum atomic E-state index is 5.52. The number of rotatable bonds is 1. The Balaban J connectivity index is 2.16. The summed E-state index contributed by atoms with van der Waals surface area (Å²) in [6.07, 6.45) is 5.23. The van der Waals surface area contributed by atoms with Crippen LogP contribution >= 0.6 is 0 Å². The zero-order chi connectivity index (χ0) is 9.10. The fraction of sp³-hybridized carbons (Fsp3) is 0.273. The molecule has 0 spiro atoms. The number of terminal acetylenes is 1. The van der Waals surface area contributed by atoms with Crippen LogP contribution in [0.3, 0.4) is 0 Å². The number of hydrogen-bond donors (Lipinski definition) is 0. The Morgan fingerprint density at radius 1 is 1.46 bits per heavy atom. The molecule has 1 aliphatic heterocycles. The Kier molecular flexibility index (Phi) is 2.20. The molecule has 1 aromatic rings. The van der Waals surface area contributed by atoms with Gasteiger partial charge in [-0.25, -0.2) is 0 Å². The predicted octanol–water partition coefficient (Wildman–Crippen LogP) is 1.47. The van der Waals surface area contributed by atoms with Crippen molar-refractivity contribution in [1.29, 1.82) is 0 Å². The van der Waals surface area contributed by atoms with Crippen LogP contribution in [0.25, 0.3) is 0 Å². The topological polar surface area (TPSA) is 12.5 Å². The summed E-state index contributed by atoms with van der Waals surface area (Å²) in [4.78, 5) is 2.09. The average molecular weight is 173 g/mol. The lowest BCUT2D eigenvalue weighted by molar-refractivity contribution is 0.109. The van der Waals surface area contributed by atoms with Gasteiger partial charge in [-0.15, -0.1) is 6.42 Å². The molecule has 2 rings (SSSR count). The van der Waals surface area contributed by atoms with Crippen LogP contribution in [0.5, 0.6) is 5.75 Å². The fourth-order valence-electron chi connectivity index (χ4n) is 1.45. The lowest BCUT2D eigenvalue weighted by Gasteiger charge is -2.27. The highest BCUT2D eigenvalue weighted by molar-refractivity contribution is 5.34. The second-order valence-electron chi connectivity index (χ2n) is 3.07. The molecule has 1 heterocycles. The third-order valence-electron chi connectivity index (χ3n) is 2.08. The smallest absolute Gasteiger partial charge is 0.143 e. The van der Waals surface area contributed by atoms with Crippen molar-refractivity contribution >= 4 is 0 Å². The van der Waals surface area contributed by atoms with Crippen molar-refractivity contribution < 1.29 is 4.74 Å². The summed E-state index contributed by atoms with van der Waals surface area (Å²) in [7, 11) is 0. The Hall–Kier alpha value is -1.46. The van der Waals surface area contributed by atoms with Gasteiger partial charge in [0.25, 0.3) is 0 Å². The maximum absolute atomic E-state index is 5.52. The molecule has 0 aromatic heterocycles. The van der Waals surface area contributed by atoms with Crippen molar-refractivity contribution in [2.75, 3.05) is 13.3 Å². The van der Waals surface area contributed by atoms with E-state index in [0.29, 0.717) is 13.3 Å². The molecule has 1 aliphatic rings. The van der Waals surface area contributed by atoms with E-state index in [1.54, 1.807) is 0 Å². The molecule has 0 bridgehead atoms. The van der Waals surface area contributed by atoms with Crippen LogP contribution in [-0.4, -0.2) is 18.2 Å². The molecule has 2 heteroatoms. The number of fused-ring (bicyclic) bond motifs is 1. The zero-order valence-corrected chi connectivity index (χ0v) is 7.36. The van der Waals surface area contributed by atoms with Crippen LogP contribution in [0.2, 0.25) is 0 Å². The minimum atomic E-state index is 0.598. The fourth-order valence-corrected chi connectivity index (χ4v) is 1.45. The molecule has 0 saturated heterocycles. The molecule has 66 valence electrons. The van der Waals surface area contributed by atoms with Crippen LogP contribution < -0.4 is 4.74 Å². The highest BCUT2D eigenvalue weighted by Crippen LogP contribution is 2.23. The van der Waals surface area contributed by atoms with Crippen molar-refractivity contribution in [3.8, 4) is 18.1 Å². The standard InChI is InChI=1S/C11H11NO/c1-2-7-12-8-10-5-3-4-6-11(10)13-9-12/h1,3-6H,7-9H2. The van der Waals surface area contributed by atoms with E-state index in [0.717, 1.165) is 12.3 Å². The number of ether oxygens (including phenoxy) is 1. The largest absolute Gasteiger partial charge is 0.478 e. The Morgan fingerprint density at radius 2 is 2.31 bits per heavy atom. The summed E-state index contributed by atoms with van der Waals surface area (Å²) in [5.41, 5.74) is 1.21. The minimum absolute atomic E-state index is 0.598. The van der Waals surface area contributed by atoms with E-state index in [-0.39, 0.29) is 0 Å². The molecule has 2 nitrogen and oxygen atoms in total. The Bertz CT molecular complexity index is 340. The van der Waals surface area contributed by atoms with Gasteiger partial charge in [0, 0.05) is 12.1 Å². The SMILES string of the molecule is C#CCN1COc2ccccc2C1. The van der Waals surface area contributed by atoms with Crippen LogP contribution in [0, 0.1) is 12.3 Å². The van der Waals surface area contributed by atoms with Gasteiger partial charge >= 0.3 is 0 Å². The lowest BCUT2D eigenvalue weighted by Crippen LogP contribution is -2.32. The third kappa shape index (κ3) is 1.66. The summed E-state index contributed by atoms with van der Waals surface area (Å²) in [5, 5.41) is 0. The van der Waals surface area contributed by atoms with Crippen molar-refractivity contribution in [3.05, 3.63) is 29.8 Å². The summed E-state index contributed by atoms with van der Waals surface area (Å²) < 4.78 is 5.52. The van der Waals surface area contributed by atoms with E-state index >= 15 is 0 Å². The van der Waals surface area contributed by atoms with Crippen molar-refractivity contribution in [3.63, 3.8) is 0 Å². The normalized spacial score (nSPS) is 15.6. The van der Waals surface area contributed by atoms with E-state index in [4.69, 9.17) is 11.2 Å². The maximum Gasteiger partial charge on any atom is 0.143 e. The van der Waals surface area contributed by atoms with Gasteiger partial charge in [0.15, 0.2) is 0 Å². The average Bonchev–Trinajstić information content (AvgIpc) is 2.18. The Labute approximate surface area is 78.1 Å². The molecule has 1 aromatic carbocycles. The van der Waals surface area contributed by atoms with Gasteiger partial charge in [-0.3, -0.25) is 4.90 Å². The van der Waals surface area contributed by atoms with Gasteiger partial charge in [0.1, 0.15) is 12.5 Å². The van der Waals surface area contributed by atoms with Gasteiger partial charge in [-0.1, -0.05) is 24.1 Å². The minimum Gasteiger partial charge on any atom is -0.478 e. The molecule has 0 fully saturated rings. The molecule has 0 atom stereocenters. The van der Waals surface area contributed by atoms with Gasteiger partial charge < -0.3 is 4.74 Å². The molecule has 13 heavy (non-hydrogen) atoms. The third-order valence-corrected chi connectivity index (χ3v) is 2.08. The number of para-hydroxylation sites is 1. The Morgan fingerprint density at radius 3 is 3.15 bits per heavy atom. The monoisotopic (exact) mass is 173 g/mol. The first-order chi connectivity index (χ1) is 6.40. The van der Waals surface area contributed by atoms with Gasteiger partial charge in [-0.05, 0) is 6.07 Å². The quantitative estimate of drug-likeness (QED) is 0.596. The van der Waals surface area contributed by atoms with Crippen LogP contribution in [0.1, 0.15) is 5.56 Å². The summed E-state index contributed by atoms with van der Waals surface area (Å²) >= 11 is 0. The van der Waals surface area contributed by atoms with Gasteiger partial charge in [0.2, 0.25) is 0 Å². The first-order valence-corrected chi connectivity index (χ1v) is 4.26. The first kappa shape index (κ1) is 8.15. The second-order valence-corrected chi connectivity index (χ2v) is 3.07. The number of nitrogens with zero attached hydrogens (tertiary/aromatic N) is 1. The summed E-state index contributed by atoms with van der Waals surface area (Å²) in [6.45, 7) is 2.13. The second kappa shape index (κ2) is 3.51. The molecule has 0 saturated carbocycles. The van der Waals surface area contributed by atoms with E-state index in [9.17, 15) is 0 Å². The lowest BCUT2D eigenvalue weighted by atomic mass is 10.2. The number of hydrogen-bond acceptors (Lipinski definition) is 2. The molecule has 0 radical (unpaired) electrons. The first-order valence-electron chi connectivity index (χ1n) is 4.26. The van der Waals surface area contributed by atoms with Crippen molar-refractivity contribution in [2.45, 2.75) is 6.54 Å². The van der Waals surface area contributed by atoms with Crippen molar-refractivity contribution in [2.24, 2.45) is 0 Å². The summed E-state index contributed by atoms with van der Waals surface area (Å²) in [6, 6.07) is 8.05. The molecular weight excluding hydrogens is 162 g/mol. The van der Waals surface area contributed by atoms with Crippen molar-refractivity contribution in [1.82, 2.24) is 4.90 Å². The van der Waals surface area contributed by atoms with E-state index in [2.05, 4.69) is 16.9 Å². The molecule has 0 amide bonds. The van der Waals surface area contributed by atoms with E-state index in [1.807, 2.05) is 18.2 Å². The highest BCUT2D eigenvalue weighted by atomic mass is 16.5. The molecule has 0 aliphatic carbocycles. The van der Waals surface area contributed by atoms with Gasteiger partial charge in [0.05, 0.1) is 6.54 Å².